The van der Waals surface area contributed by atoms with E-state index in [1.165, 1.54) is 6.92 Å². The first-order valence-electron chi connectivity index (χ1n) is 4.89. The lowest BCUT2D eigenvalue weighted by Gasteiger charge is -2.14. The van der Waals surface area contributed by atoms with E-state index in [1.54, 1.807) is 10.9 Å². The fourth-order valence-corrected chi connectivity index (χ4v) is 1.35. The second-order valence-corrected chi connectivity index (χ2v) is 3.32. The normalized spacial score (nSPS) is 12.2. The molecule has 0 saturated heterocycles. The first-order chi connectivity index (χ1) is 7.06. The molecule has 0 spiro atoms. The minimum atomic E-state index is -0.564. The summed E-state index contributed by atoms with van der Waals surface area (Å²) in [6.07, 6.45) is 1.68. The summed E-state index contributed by atoms with van der Waals surface area (Å²) in [6, 6.07) is 1.62. The van der Waals surface area contributed by atoms with E-state index in [2.05, 4.69) is 10.4 Å². The lowest BCUT2D eigenvalue weighted by molar-refractivity contribution is -0.137. The molecule has 1 unspecified atom stereocenters. The molecular weight excluding hydrogens is 194 g/mol. The average Bonchev–Trinajstić information content (AvgIpc) is 2.64. The van der Waals surface area contributed by atoms with Gasteiger partial charge in [0.1, 0.15) is 0 Å². The molecule has 5 nitrogen and oxygen atoms in total. The molecule has 0 aliphatic rings. The van der Waals surface area contributed by atoms with Crippen molar-refractivity contribution in [3.8, 4) is 0 Å². The number of aryl methyl sites for hydroxylation is 1. The van der Waals surface area contributed by atoms with E-state index < -0.39 is 11.7 Å². The molecule has 0 bridgehead atoms. The van der Waals surface area contributed by atoms with E-state index in [4.69, 9.17) is 0 Å². The summed E-state index contributed by atoms with van der Waals surface area (Å²) in [5.74, 6) is -1.05. The molecular formula is C10H15N3O2. The highest BCUT2D eigenvalue weighted by molar-refractivity contribution is 6.35. The van der Waals surface area contributed by atoms with Crippen molar-refractivity contribution < 1.29 is 9.59 Å². The summed E-state index contributed by atoms with van der Waals surface area (Å²) >= 11 is 0. The number of aromatic nitrogens is 2. The SMILES string of the molecule is CCn1nccc1C(C)NC(=O)C(C)=O. The second kappa shape index (κ2) is 4.72. The van der Waals surface area contributed by atoms with Crippen molar-refractivity contribution in [3.63, 3.8) is 0 Å². The van der Waals surface area contributed by atoms with Crippen LogP contribution in [0.15, 0.2) is 12.3 Å². The van der Waals surface area contributed by atoms with Crippen molar-refractivity contribution in [1.82, 2.24) is 15.1 Å². The van der Waals surface area contributed by atoms with Crippen LogP contribution in [-0.4, -0.2) is 21.5 Å². The lowest BCUT2D eigenvalue weighted by atomic mass is 10.2. The fraction of sp³-hybridized carbons (Fsp3) is 0.500. The van der Waals surface area contributed by atoms with Gasteiger partial charge in [0.15, 0.2) is 0 Å². The van der Waals surface area contributed by atoms with Gasteiger partial charge in [-0.1, -0.05) is 0 Å². The van der Waals surface area contributed by atoms with Gasteiger partial charge < -0.3 is 5.32 Å². The zero-order valence-corrected chi connectivity index (χ0v) is 9.15. The molecule has 0 saturated carbocycles. The Balaban J connectivity index is 2.73. The lowest BCUT2D eigenvalue weighted by Crippen LogP contribution is -2.32. The quantitative estimate of drug-likeness (QED) is 0.741. The highest BCUT2D eigenvalue weighted by Gasteiger charge is 2.15. The maximum absolute atomic E-state index is 11.2. The number of hydrogen-bond acceptors (Lipinski definition) is 3. The van der Waals surface area contributed by atoms with Crippen molar-refractivity contribution in [1.29, 1.82) is 0 Å². The maximum atomic E-state index is 11.2. The third kappa shape index (κ3) is 2.65. The van der Waals surface area contributed by atoms with Gasteiger partial charge in [-0.15, -0.1) is 0 Å². The molecule has 0 aliphatic heterocycles. The Morgan fingerprint density at radius 1 is 1.60 bits per heavy atom. The van der Waals surface area contributed by atoms with E-state index in [1.807, 2.05) is 19.9 Å². The number of ketones is 1. The van der Waals surface area contributed by atoms with Crippen LogP contribution in [0.1, 0.15) is 32.5 Å². The molecule has 15 heavy (non-hydrogen) atoms. The van der Waals surface area contributed by atoms with Gasteiger partial charge in [-0.3, -0.25) is 14.3 Å². The average molecular weight is 209 g/mol. The highest BCUT2D eigenvalue weighted by atomic mass is 16.2. The number of carbonyl (C=O) groups is 2. The van der Waals surface area contributed by atoms with Crippen LogP contribution >= 0.6 is 0 Å². The van der Waals surface area contributed by atoms with Crippen molar-refractivity contribution in [2.75, 3.05) is 0 Å². The summed E-state index contributed by atoms with van der Waals surface area (Å²) < 4.78 is 1.78. The van der Waals surface area contributed by atoms with E-state index in [9.17, 15) is 9.59 Å². The molecule has 1 N–H and O–H groups in total. The molecule has 0 fully saturated rings. The number of hydrogen-bond donors (Lipinski definition) is 1. The Labute approximate surface area is 88.5 Å². The standard InChI is InChI=1S/C10H15N3O2/c1-4-13-9(5-6-11-13)7(2)12-10(15)8(3)14/h5-7H,4H2,1-3H3,(H,12,15). The molecule has 0 radical (unpaired) electrons. The van der Waals surface area contributed by atoms with Gasteiger partial charge in [-0.25, -0.2) is 0 Å². The van der Waals surface area contributed by atoms with Crippen LogP contribution in [-0.2, 0) is 16.1 Å². The third-order valence-corrected chi connectivity index (χ3v) is 2.16. The molecule has 5 heteroatoms. The number of Topliss-reactive ketones (excluding diaryl/α,β-unsaturated/α-hetero) is 1. The minimum Gasteiger partial charge on any atom is -0.341 e. The first-order valence-corrected chi connectivity index (χ1v) is 4.89. The van der Waals surface area contributed by atoms with Gasteiger partial charge >= 0.3 is 0 Å². The zero-order valence-electron chi connectivity index (χ0n) is 9.15. The molecule has 1 rings (SSSR count). The number of nitrogens with one attached hydrogen (secondary N) is 1. The molecule has 1 aromatic heterocycles. The predicted molar refractivity (Wildman–Crippen MR) is 55.1 cm³/mol. The summed E-state index contributed by atoms with van der Waals surface area (Å²) in [4.78, 5) is 21.9. The number of carbonyl (C=O) groups excluding carboxylic acids is 2. The van der Waals surface area contributed by atoms with Gasteiger partial charge in [0.05, 0.1) is 11.7 Å². The van der Waals surface area contributed by atoms with Gasteiger partial charge in [-0.2, -0.15) is 5.10 Å². The van der Waals surface area contributed by atoms with Crippen LogP contribution in [0.2, 0.25) is 0 Å². The Morgan fingerprint density at radius 2 is 2.27 bits per heavy atom. The molecule has 1 heterocycles. The van der Waals surface area contributed by atoms with Crippen LogP contribution in [0, 0.1) is 0 Å². The molecule has 0 aliphatic carbocycles. The Kier molecular flexibility index (Phi) is 3.60. The molecule has 0 aromatic carbocycles. The molecule has 1 amide bonds. The second-order valence-electron chi connectivity index (χ2n) is 3.32. The predicted octanol–water partition coefficient (Wildman–Crippen LogP) is 0.669. The van der Waals surface area contributed by atoms with Gasteiger partial charge in [-0.05, 0) is 19.9 Å². The van der Waals surface area contributed by atoms with Crippen LogP contribution < -0.4 is 5.32 Å². The molecule has 1 aromatic rings. The van der Waals surface area contributed by atoms with Crippen molar-refractivity contribution in [3.05, 3.63) is 18.0 Å². The first kappa shape index (κ1) is 11.4. The summed E-state index contributed by atoms with van der Waals surface area (Å²) in [6.45, 7) is 5.78. The van der Waals surface area contributed by atoms with Crippen molar-refractivity contribution in [2.24, 2.45) is 0 Å². The largest absolute Gasteiger partial charge is 0.341 e. The molecule has 82 valence electrons. The van der Waals surface area contributed by atoms with Gasteiger partial charge in [0.25, 0.3) is 5.91 Å². The third-order valence-electron chi connectivity index (χ3n) is 2.16. The summed E-state index contributed by atoms with van der Waals surface area (Å²) in [5, 5.41) is 6.70. The smallest absolute Gasteiger partial charge is 0.287 e. The highest BCUT2D eigenvalue weighted by Crippen LogP contribution is 2.11. The Hall–Kier alpha value is -1.65. The topological polar surface area (TPSA) is 64.0 Å². The van der Waals surface area contributed by atoms with Gasteiger partial charge in [0.2, 0.25) is 5.78 Å². The van der Waals surface area contributed by atoms with Crippen molar-refractivity contribution in [2.45, 2.75) is 33.4 Å². The summed E-state index contributed by atoms with van der Waals surface area (Å²) in [5.41, 5.74) is 0.895. The Bertz CT molecular complexity index is 370. The van der Waals surface area contributed by atoms with E-state index >= 15 is 0 Å². The maximum Gasteiger partial charge on any atom is 0.287 e. The zero-order chi connectivity index (χ0) is 11.4. The van der Waals surface area contributed by atoms with Crippen LogP contribution in [0.5, 0.6) is 0 Å². The van der Waals surface area contributed by atoms with E-state index in [0.29, 0.717) is 0 Å². The number of amides is 1. The van der Waals surface area contributed by atoms with Crippen LogP contribution in [0.4, 0.5) is 0 Å². The minimum absolute atomic E-state index is 0.205. The van der Waals surface area contributed by atoms with E-state index in [0.717, 1.165) is 12.2 Å². The monoisotopic (exact) mass is 209 g/mol. The van der Waals surface area contributed by atoms with E-state index in [-0.39, 0.29) is 6.04 Å². The number of rotatable bonds is 4. The molecule has 1 atom stereocenters. The van der Waals surface area contributed by atoms with Crippen LogP contribution in [0.25, 0.3) is 0 Å². The fourth-order valence-electron chi connectivity index (χ4n) is 1.35. The summed E-state index contributed by atoms with van der Waals surface area (Å²) in [7, 11) is 0. The van der Waals surface area contributed by atoms with Crippen LogP contribution in [0.3, 0.4) is 0 Å². The van der Waals surface area contributed by atoms with Gasteiger partial charge in [0, 0.05) is 19.7 Å². The Morgan fingerprint density at radius 3 is 2.80 bits per heavy atom. The van der Waals surface area contributed by atoms with Crippen molar-refractivity contribution >= 4 is 11.7 Å². The number of nitrogens with zero attached hydrogens (tertiary/aromatic N) is 2.